The number of benzene rings is 2. The average Bonchev–Trinajstić information content (AvgIpc) is 2.90. The summed E-state index contributed by atoms with van der Waals surface area (Å²) in [6, 6.07) is 15.6. The molecule has 3 rings (SSSR count). The Morgan fingerprint density at radius 1 is 0.947 bits per heavy atom. The Balaban J connectivity index is 1.86. The summed E-state index contributed by atoms with van der Waals surface area (Å²) in [5, 5.41) is 14.5. The first-order chi connectivity index (χ1) is 18.3. The number of ether oxygens (including phenoxy) is 3. The van der Waals surface area contributed by atoms with Crippen LogP contribution in [0.5, 0.6) is 0 Å². The molecule has 38 heavy (non-hydrogen) atoms. The molecule has 198 valence electrons. The second-order valence-electron chi connectivity index (χ2n) is 8.41. The maximum atomic E-state index is 13.3. The highest BCUT2D eigenvalue weighted by molar-refractivity contribution is 6.00. The van der Waals surface area contributed by atoms with Gasteiger partial charge in [-0.2, -0.15) is 0 Å². The van der Waals surface area contributed by atoms with Crippen LogP contribution in [-0.2, 0) is 23.8 Å². The Morgan fingerprint density at radius 2 is 1.63 bits per heavy atom. The first-order valence-electron chi connectivity index (χ1n) is 12.0. The van der Waals surface area contributed by atoms with Gasteiger partial charge in [-0.25, -0.2) is 9.59 Å². The topological polar surface area (TPSA) is 117 Å². The van der Waals surface area contributed by atoms with E-state index in [4.69, 9.17) is 14.2 Å². The van der Waals surface area contributed by atoms with Gasteiger partial charge in [-0.1, -0.05) is 60.7 Å². The van der Waals surface area contributed by atoms with E-state index in [2.05, 4.69) is 5.32 Å². The van der Waals surface area contributed by atoms with Crippen molar-refractivity contribution in [2.45, 2.75) is 19.8 Å². The first kappa shape index (κ1) is 28.1. The van der Waals surface area contributed by atoms with Gasteiger partial charge < -0.3 is 19.5 Å². The third-order valence-corrected chi connectivity index (χ3v) is 5.78. The molecule has 0 spiro atoms. The molecule has 0 aromatic heterocycles. The Hall–Kier alpha value is -4.50. The second-order valence-corrected chi connectivity index (χ2v) is 8.41. The summed E-state index contributed by atoms with van der Waals surface area (Å²) in [5.74, 6) is -2.24. The van der Waals surface area contributed by atoms with Crippen LogP contribution in [-0.4, -0.2) is 43.8 Å². The lowest BCUT2D eigenvalue weighted by Gasteiger charge is -2.30. The third kappa shape index (κ3) is 7.27. The van der Waals surface area contributed by atoms with Crippen molar-refractivity contribution in [2.24, 2.45) is 0 Å². The second kappa shape index (κ2) is 13.7. The van der Waals surface area contributed by atoms with Gasteiger partial charge in [0, 0.05) is 30.6 Å². The molecule has 0 bridgehead atoms. The van der Waals surface area contributed by atoms with Crippen molar-refractivity contribution >= 4 is 23.7 Å². The Labute approximate surface area is 221 Å². The molecule has 0 saturated carbocycles. The minimum absolute atomic E-state index is 0.00723. The molecule has 1 aliphatic rings. The van der Waals surface area contributed by atoms with Crippen LogP contribution in [0.3, 0.4) is 0 Å². The summed E-state index contributed by atoms with van der Waals surface area (Å²) < 4.78 is 15.8. The minimum atomic E-state index is -0.930. The number of nitrogens with one attached hydrogen (secondary N) is 1. The molecule has 1 unspecified atom stereocenters. The molecule has 1 atom stereocenters. The van der Waals surface area contributed by atoms with E-state index >= 15 is 0 Å². The number of carbonyl (C=O) groups excluding carboxylic acids is 2. The van der Waals surface area contributed by atoms with Gasteiger partial charge in [0.2, 0.25) is 0 Å². The number of carbonyl (C=O) groups is 2. The molecule has 1 aliphatic heterocycles. The van der Waals surface area contributed by atoms with E-state index in [1.54, 1.807) is 32.1 Å². The van der Waals surface area contributed by atoms with E-state index in [9.17, 15) is 19.7 Å². The Morgan fingerprint density at radius 3 is 2.29 bits per heavy atom. The summed E-state index contributed by atoms with van der Waals surface area (Å²) in [7, 11) is 1.48. The summed E-state index contributed by atoms with van der Waals surface area (Å²) in [4.78, 5) is 37.3. The molecule has 0 radical (unpaired) electrons. The third-order valence-electron chi connectivity index (χ3n) is 5.78. The van der Waals surface area contributed by atoms with E-state index in [0.29, 0.717) is 17.0 Å². The molecule has 9 nitrogen and oxygen atoms in total. The molecule has 0 fully saturated rings. The van der Waals surface area contributed by atoms with Gasteiger partial charge >= 0.3 is 11.9 Å². The zero-order valence-corrected chi connectivity index (χ0v) is 21.5. The Bertz CT molecular complexity index is 1290. The summed E-state index contributed by atoms with van der Waals surface area (Å²) in [6.07, 6.45) is 7.21. The van der Waals surface area contributed by atoms with Gasteiger partial charge in [0.05, 0.1) is 28.6 Å². The normalized spacial score (nSPS) is 15.6. The van der Waals surface area contributed by atoms with Gasteiger partial charge in [-0.05, 0) is 31.1 Å². The summed E-state index contributed by atoms with van der Waals surface area (Å²) >= 11 is 0. The number of nitro groups is 1. The standard InChI is InChI=1S/C29H30N2O7/c1-20-25(28(32)37-16-9-5-8-13-22-11-6-4-7-12-22)27(23-14-10-15-24(19-23)31(34)35)26(21(2)30-20)29(33)38-18-17-36-3/h4-15,19,27,30H,16-18H2,1-3H3/b9-5+,13-8+. The molecule has 2 aromatic rings. The number of nitro benzene ring substituents is 1. The Kier molecular flexibility index (Phi) is 10.1. The van der Waals surface area contributed by atoms with Crippen molar-refractivity contribution in [1.82, 2.24) is 5.32 Å². The number of methoxy groups -OCH3 is 1. The van der Waals surface area contributed by atoms with Crippen LogP contribution >= 0.6 is 0 Å². The predicted molar refractivity (Wildman–Crippen MR) is 143 cm³/mol. The quantitative estimate of drug-likeness (QED) is 0.148. The van der Waals surface area contributed by atoms with Crippen molar-refractivity contribution < 1.29 is 28.7 Å². The number of hydrogen-bond donors (Lipinski definition) is 1. The number of allylic oxidation sites excluding steroid dienone is 4. The van der Waals surface area contributed by atoms with Gasteiger partial charge in [0.1, 0.15) is 13.2 Å². The zero-order valence-electron chi connectivity index (χ0n) is 21.5. The minimum Gasteiger partial charge on any atom is -0.460 e. The molecule has 2 aromatic carbocycles. The lowest BCUT2D eigenvalue weighted by atomic mass is 9.80. The smallest absolute Gasteiger partial charge is 0.337 e. The maximum Gasteiger partial charge on any atom is 0.337 e. The predicted octanol–water partition coefficient (Wildman–Crippen LogP) is 4.83. The SMILES string of the molecule is COCCOC(=O)C1=C(C)NC(C)=C(C(=O)OC/C=C/C=C/c2ccccc2)C1c1cccc([N+](=O)[O-])c1. The monoisotopic (exact) mass is 518 g/mol. The molecule has 1 heterocycles. The lowest BCUT2D eigenvalue weighted by Crippen LogP contribution is -2.32. The number of esters is 2. The van der Waals surface area contributed by atoms with Crippen LogP contribution in [0.4, 0.5) is 5.69 Å². The molecule has 0 aliphatic carbocycles. The largest absolute Gasteiger partial charge is 0.460 e. The lowest BCUT2D eigenvalue weighted by molar-refractivity contribution is -0.384. The van der Waals surface area contributed by atoms with Crippen LogP contribution in [0, 0.1) is 10.1 Å². The van der Waals surface area contributed by atoms with E-state index in [1.165, 1.54) is 25.3 Å². The van der Waals surface area contributed by atoms with E-state index in [-0.39, 0.29) is 36.7 Å². The van der Waals surface area contributed by atoms with Crippen molar-refractivity contribution in [2.75, 3.05) is 26.9 Å². The van der Waals surface area contributed by atoms with Crippen molar-refractivity contribution in [3.8, 4) is 0 Å². The number of non-ortho nitro benzene ring substituents is 1. The molecular formula is C29H30N2O7. The van der Waals surface area contributed by atoms with Crippen LogP contribution in [0.25, 0.3) is 6.08 Å². The fourth-order valence-corrected chi connectivity index (χ4v) is 4.05. The molecule has 0 amide bonds. The van der Waals surface area contributed by atoms with E-state index < -0.39 is 22.8 Å². The summed E-state index contributed by atoms with van der Waals surface area (Å²) in [5.41, 5.74) is 2.56. The van der Waals surface area contributed by atoms with Gasteiger partial charge in [-0.15, -0.1) is 0 Å². The van der Waals surface area contributed by atoms with Crippen molar-refractivity contribution in [3.05, 3.63) is 117 Å². The van der Waals surface area contributed by atoms with E-state index in [0.717, 1.165) is 5.56 Å². The van der Waals surface area contributed by atoms with Gasteiger partial charge in [0.25, 0.3) is 5.69 Å². The van der Waals surface area contributed by atoms with Gasteiger partial charge in [-0.3, -0.25) is 10.1 Å². The summed E-state index contributed by atoms with van der Waals surface area (Å²) in [6.45, 7) is 3.58. The van der Waals surface area contributed by atoms with E-state index in [1.807, 2.05) is 42.5 Å². The maximum absolute atomic E-state index is 13.3. The van der Waals surface area contributed by atoms with Gasteiger partial charge in [0.15, 0.2) is 0 Å². The fourth-order valence-electron chi connectivity index (χ4n) is 4.05. The number of dihydropyridines is 1. The highest BCUT2D eigenvalue weighted by Crippen LogP contribution is 2.40. The number of nitrogens with zero attached hydrogens (tertiary/aromatic N) is 1. The first-order valence-corrected chi connectivity index (χ1v) is 12.0. The highest BCUT2D eigenvalue weighted by Gasteiger charge is 2.38. The average molecular weight is 519 g/mol. The highest BCUT2D eigenvalue weighted by atomic mass is 16.6. The number of hydrogen-bond acceptors (Lipinski definition) is 8. The van der Waals surface area contributed by atoms with Crippen LogP contribution in [0.2, 0.25) is 0 Å². The fraction of sp³-hybridized carbons (Fsp3) is 0.241. The van der Waals surface area contributed by atoms with Crippen molar-refractivity contribution in [1.29, 1.82) is 0 Å². The van der Waals surface area contributed by atoms with Crippen LogP contribution in [0.15, 0.2) is 95.4 Å². The molecule has 0 saturated heterocycles. The van der Waals surface area contributed by atoms with Crippen molar-refractivity contribution in [3.63, 3.8) is 0 Å². The zero-order chi connectivity index (χ0) is 27.5. The van der Waals surface area contributed by atoms with Crippen LogP contribution in [0.1, 0.15) is 30.9 Å². The molecule has 9 heteroatoms. The number of rotatable bonds is 11. The molecular weight excluding hydrogens is 488 g/mol. The molecule has 1 N–H and O–H groups in total. The van der Waals surface area contributed by atoms with Crippen LogP contribution < -0.4 is 5.32 Å².